The molecule has 0 aliphatic heterocycles. The van der Waals surface area contributed by atoms with Crippen LogP contribution in [0.2, 0.25) is 0 Å². The van der Waals surface area contributed by atoms with Gasteiger partial charge in [-0.3, -0.25) is 4.98 Å². The van der Waals surface area contributed by atoms with Crippen LogP contribution < -0.4 is 0 Å². The van der Waals surface area contributed by atoms with Crippen molar-refractivity contribution in [1.29, 1.82) is 5.26 Å². The number of fused-ring (bicyclic) bond motifs is 3. The van der Waals surface area contributed by atoms with E-state index >= 15 is 0 Å². The van der Waals surface area contributed by atoms with Crippen LogP contribution in [0.15, 0.2) is 144 Å². The van der Waals surface area contributed by atoms with Crippen LogP contribution in [0.3, 0.4) is 0 Å². The van der Waals surface area contributed by atoms with Crippen LogP contribution in [-0.2, 0) is 0 Å². The summed E-state index contributed by atoms with van der Waals surface area (Å²) in [4.78, 5) is 18.9. The number of benzene rings is 5. The molecule has 6 nitrogen and oxygen atoms in total. The molecule has 0 saturated heterocycles. The molecule has 0 N–H and O–H groups in total. The fraction of sp³-hybridized carbons (Fsp3) is 0. The highest BCUT2D eigenvalue weighted by Crippen LogP contribution is 2.38. The van der Waals surface area contributed by atoms with Crippen LogP contribution in [0.1, 0.15) is 5.56 Å². The van der Waals surface area contributed by atoms with Crippen LogP contribution in [0, 0.1) is 11.3 Å². The number of hydrogen-bond acceptors (Lipinski definition) is 6. The first-order chi connectivity index (χ1) is 22.2. The summed E-state index contributed by atoms with van der Waals surface area (Å²) in [6, 6.07) is 44.4. The summed E-state index contributed by atoms with van der Waals surface area (Å²) in [5.74, 6) is 1.68. The van der Waals surface area contributed by atoms with Crippen molar-refractivity contribution in [3.63, 3.8) is 0 Å². The largest absolute Gasteiger partial charge is 0.456 e. The first kappa shape index (κ1) is 26.2. The fourth-order valence-electron chi connectivity index (χ4n) is 5.69. The summed E-state index contributed by atoms with van der Waals surface area (Å²) >= 11 is 0. The Morgan fingerprint density at radius 1 is 0.511 bits per heavy atom. The van der Waals surface area contributed by atoms with E-state index in [2.05, 4.69) is 35.3 Å². The zero-order valence-electron chi connectivity index (χ0n) is 23.9. The maximum Gasteiger partial charge on any atom is 0.164 e. The predicted molar refractivity (Wildman–Crippen MR) is 177 cm³/mol. The van der Waals surface area contributed by atoms with E-state index in [9.17, 15) is 5.26 Å². The lowest BCUT2D eigenvalue weighted by molar-refractivity contribution is 0.669. The van der Waals surface area contributed by atoms with Gasteiger partial charge in [0.15, 0.2) is 17.5 Å². The number of hydrogen-bond donors (Lipinski definition) is 0. The van der Waals surface area contributed by atoms with Gasteiger partial charge >= 0.3 is 0 Å². The Kier molecular flexibility index (Phi) is 6.40. The van der Waals surface area contributed by atoms with Gasteiger partial charge < -0.3 is 4.42 Å². The summed E-state index contributed by atoms with van der Waals surface area (Å²) < 4.78 is 6.38. The molecule has 45 heavy (non-hydrogen) atoms. The predicted octanol–water partition coefficient (Wildman–Crippen LogP) is 9.37. The van der Waals surface area contributed by atoms with E-state index in [0.29, 0.717) is 23.0 Å². The molecule has 8 rings (SSSR count). The number of furan rings is 1. The first-order valence-corrected chi connectivity index (χ1v) is 14.5. The third-order valence-corrected chi connectivity index (χ3v) is 7.90. The molecular formula is C39H23N5O. The second-order valence-electron chi connectivity index (χ2n) is 10.6. The lowest BCUT2D eigenvalue weighted by Crippen LogP contribution is -2.00. The summed E-state index contributed by atoms with van der Waals surface area (Å²) in [7, 11) is 0. The molecule has 3 aromatic heterocycles. The van der Waals surface area contributed by atoms with Gasteiger partial charge in [-0.05, 0) is 41.0 Å². The van der Waals surface area contributed by atoms with Crippen molar-refractivity contribution in [2.75, 3.05) is 0 Å². The smallest absolute Gasteiger partial charge is 0.164 e. The number of nitriles is 1. The molecule has 0 amide bonds. The molecule has 0 aliphatic carbocycles. The number of nitrogens with zero attached hydrogens (tertiary/aromatic N) is 5. The van der Waals surface area contributed by atoms with E-state index in [4.69, 9.17) is 19.4 Å². The Bertz CT molecular complexity index is 2370. The van der Waals surface area contributed by atoms with Crippen molar-refractivity contribution in [3.8, 4) is 62.5 Å². The van der Waals surface area contributed by atoms with Crippen LogP contribution >= 0.6 is 0 Å². The van der Waals surface area contributed by atoms with Crippen molar-refractivity contribution in [1.82, 2.24) is 19.9 Å². The van der Waals surface area contributed by atoms with E-state index in [0.717, 1.165) is 60.9 Å². The van der Waals surface area contributed by atoms with Gasteiger partial charge in [0.2, 0.25) is 0 Å². The van der Waals surface area contributed by atoms with Gasteiger partial charge in [-0.1, -0.05) is 103 Å². The molecule has 0 saturated carbocycles. The molecule has 0 fully saturated rings. The molecule has 210 valence electrons. The highest BCUT2D eigenvalue weighted by molar-refractivity contribution is 6.12. The number of pyridine rings is 1. The normalized spacial score (nSPS) is 11.1. The van der Waals surface area contributed by atoms with Crippen molar-refractivity contribution < 1.29 is 4.42 Å². The van der Waals surface area contributed by atoms with E-state index in [1.54, 1.807) is 18.5 Å². The van der Waals surface area contributed by atoms with Crippen molar-refractivity contribution in [3.05, 3.63) is 145 Å². The number of rotatable bonds is 5. The average molecular weight is 578 g/mol. The fourth-order valence-corrected chi connectivity index (χ4v) is 5.69. The van der Waals surface area contributed by atoms with Crippen LogP contribution in [0.25, 0.3) is 78.4 Å². The third kappa shape index (κ3) is 4.79. The summed E-state index contributed by atoms with van der Waals surface area (Å²) in [5.41, 5.74) is 8.67. The lowest BCUT2D eigenvalue weighted by Gasteiger charge is -2.09. The van der Waals surface area contributed by atoms with Crippen LogP contribution in [-0.4, -0.2) is 19.9 Å². The molecule has 8 aromatic rings. The van der Waals surface area contributed by atoms with E-state index < -0.39 is 0 Å². The summed E-state index contributed by atoms with van der Waals surface area (Å²) in [6.45, 7) is 0. The monoisotopic (exact) mass is 577 g/mol. The van der Waals surface area contributed by atoms with Gasteiger partial charge in [0.25, 0.3) is 0 Å². The topological polar surface area (TPSA) is 88.5 Å². The van der Waals surface area contributed by atoms with Gasteiger partial charge in [0.1, 0.15) is 11.2 Å². The Balaban J connectivity index is 1.25. The average Bonchev–Trinajstić information content (AvgIpc) is 3.50. The first-order valence-electron chi connectivity index (χ1n) is 14.5. The Morgan fingerprint density at radius 3 is 1.82 bits per heavy atom. The molecule has 0 radical (unpaired) electrons. The molecule has 0 aliphatic rings. The molecule has 6 heteroatoms. The van der Waals surface area contributed by atoms with Crippen LogP contribution in [0.4, 0.5) is 0 Å². The molecule has 0 atom stereocenters. The standard InChI is InChI=1S/C39H23N5O/c40-23-30-20-21-41-24-33(30)26-14-16-28(17-15-26)38-42-37(27-10-5-2-6-11-27)43-39(44-38)29-18-19-32-35(22-29)45-34-13-7-12-31(36(32)34)25-8-3-1-4-9-25/h1-22,24H. The zero-order chi connectivity index (χ0) is 30.2. The number of aromatic nitrogens is 4. The van der Waals surface area contributed by atoms with Gasteiger partial charge in [0.05, 0.1) is 11.6 Å². The lowest BCUT2D eigenvalue weighted by atomic mass is 9.99. The zero-order valence-corrected chi connectivity index (χ0v) is 23.9. The minimum Gasteiger partial charge on any atom is -0.456 e. The minimum absolute atomic E-state index is 0.549. The molecular weight excluding hydrogens is 554 g/mol. The third-order valence-electron chi connectivity index (χ3n) is 7.90. The van der Waals surface area contributed by atoms with E-state index in [1.165, 1.54) is 0 Å². The van der Waals surface area contributed by atoms with Gasteiger partial charge in [0, 0.05) is 45.4 Å². The van der Waals surface area contributed by atoms with Crippen molar-refractivity contribution in [2.45, 2.75) is 0 Å². The maximum atomic E-state index is 9.55. The Morgan fingerprint density at radius 2 is 1.11 bits per heavy atom. The maximum absolute atomic E-state index is 9.55. The summed E-state index contributed by atoms with van der Waals surface area (Å²) in [6.07, 6.45) is 3.33. The van der Waals surface area contributed by atoms with Crippen molar-refractivity contribution in [2.24, 2.45) is 0 Å². The highest BCUT2D eigenvalue weighted by atomic mass is 16.3. The van der Waals surface area contributed by atoms with Gasteiger partial charge in [-0.25, -0.2) is 15.0 Å². The second-order valence-corrected chi connectivity index (χ2v) is 10.6. The Labute approximate surface area is 259 Å². The molecule has 0 spiro atoms. The SMILES string of the molecule is N#Cc1ccncc1-c1ccc(-c2nc(-c3ccccc3)nc(-c3ccc4c(c3)oc3cccc(-c5ccccc5)c34)n2)cc1. The molecule has 0 unspecified atom stereocenters. The minimum atomic E-state index is 0.549. The highest BCUT2D eigenvalue weighted by Gasteiger charge is 2.17. The quantitative estimate of drug-likeness (QED) is 0.202. The molecule has 3 heterocycles. The van der Waals surface area contributed by atoms with E-state index in [-0.39, 0.29) is 0 Å². The van der Waals surface area contributed by atoms with E-state index in [1.807, 2.05) is 97.1 Å². The second kappa shape index (κ2) is 11.0. The molecule has 5 aromatic carbocycles. The van der Waals surface area contributed by atoms with Gasteiger partial charge in [-0.15, -0.1) is 0 Å². The van der Waals surface area contributed by atoms with Gasteiger partial charge in [-0.2, -0.15) is 5.26 Å². The summed E-state index contributed by atoms with van der Waals surface area (Å²) in [5, 5.41) is 11.7. The van der Waals surface area contributed by atoms with Crippen molar-refractivity contribution >= 4 is 21.9 Å². The van der Waals surface area contributed by atoms with Crippen LogP contribution in [0.5, 0.6) is 0 Å². The Hall–Kier alpha value is -6.45. The molecule has 0 bridgehead atoms.